The molecule has 0 saturated heterocycles. The van der Waals surface area contributed by atoms with E-state index in [-0.39, 0.29) is 23.0 Å². The van der Waals surface area contributed by atoms with Gasteiger partial charge in [0.1, 0.15) is 10.8 Å². The third-order valence-corrected chi connectivity index (χ3v) is 6.03. The van der Waals surface area contributed by atoms with E-state index < -0.39 is 24.2 Å². The van der Waals surface area contributed by atoms with Crippen molar-refractivity contribution in [3.8, 4) is 11.5 Å². The van der Waals surface area contributed by atoms with E-state index in [4.69, 9.17) is 32.7 Å². The molecule has 34 heavy (non-hydrogen) atoms. The van der Waals surface area contributed by atoms with E-state index in [1.54, 1.807) is 42.5 Å². The highest BCUT2D eigenvalue weighted by Crippen LogP contribution is 2.47. The van der Waals surface area contributed by atoms with Gasteiger partial charge in [0.2, 0.25) is 0 Å². The molecule has 2 heterocycles. The average Bonchev–Trinajstić information content (AvgIpc) is 3.15. The molecule has 0 aliphatic carbocycles. The molecule has 0 unspecified atom stereocenters. The van der Waals surface area contributed by atoms with E-state index in [0.29, 0.717) is 27.8 Å². The Morgan fingerprint density at radius 1 is 1.12 bits per heavy atom. The fourth-order valence-corrected chi connectivity index (χ4v) is 4.14. The maximum absolute atomic E-state index is 14.0. The first-order chi connectivity index (χ1) is 16.1. The third kappa shape index (κ3) is 4.60. The molecule has 1 aliphatic heterocycles. The minimum atomic E-state index is -4.63. The van der Waals surface area contributed by atoms with Crippen LogP contribution in [0, 0.1) is 0 Å². The van der Waals surface area contributed by atoms with Crippen molar-refractivity contribution in [3.05, 3.63) is 63.8 Å². The van der Waals surface area contributed by atoms with Crippen LogP contribution in [0.3, 0.4) is 0 Å². The van der Waals surface area contributed by atoms with E-state index in [1.807, 2.05) is 0 Å². The lowest BCUT2D eigenvalue weighted by Crippen LogP contribution is -2.35. The topological polar surface area (TPSA) is 77.4 Å². The predicted octanol–water partition coefficient (Wildman–Crippen LogP) is 6.12. The lowest BCUT2D eigenvalue weighted by molar-refractivity contribution is -0.173. The number of carbonyl (C=O) groups is 1. The molecule has 0 spiro atoms. The summed E-state index contributed by atoms with van der Waals surface area (Å²) in [4.78, 5) is 12.8. The van der Waals surface area contributed by atoms with E-state index in [0.717, 1.165) is 4.68 Å². The zero-order chi connectivity index (χ0) is 24.6. The molecule has 180 valence electrons. The molecule has 3 aromatic rings. The molecule has 1 aromatic heterocycles. The van der Waals surface area contributed by atoms with Crippen molar-refractivity contribution in [1.82, 2.24) is 9.78 Å². The van der Waals surface area contributed by atoms with Gasteiger partial charge in [0, 0.05) is 17.1 Å². The van der Waals surface area contributed by atoms with Gasteiger partial charge in [-0.1, -0.05) is 29.3 Å². The van der Waals surface area contributed by atoms with Gasteiger partial charge in [0.25, 0.3) is 5.91 Å². The number of halogens is 5. The molecule has 0 bridgehead atoms. The van der Waals surface area contributed by atoms with Crippen molar-refractivity contribution in [3.63, 3.8) is 0 Å². The minimum Gasteiger partial charge on any atom is -0.493 e. The summed E-state index contributed by atoms with van der Waals surface area (Å²) in [6.45, 7) is 0. The smallest absolute Gasteiger partial charge is 0.410 e. The number of methoxy groups -OCH3 is 2. The lowest BCUT2D eigenvalue weighted by Gasteiger charge is -2.33. The summed E-state index contributed by atoms with van der Waals surface area (Å²) in [5.74, 6) is -0.0341. The number of rotatable bonds is 5. The van der Waals surface area contributed by atoms with Crippen LogP contribution in [-0.2, 0) is 0 Å². The molecular weight excluding hydrogens is 496 g/mol. The number of nitrogens with one attached hydrogen (secondary N) is 2. The van der Waals surface area contributed by atoms with Crippen molar-refractivity contribution < 1.29 is 27.4 Å². The van der Waals surface area contributed by atoms with Crippen LogP contribution >= 0.6 is 23.2 Å². The van der Waals surface area contributed by atoms with Gasteiger partial charge in [-0.2, -0.15) is 18.3 Å². The molecule has 12 heteroatoms. The largest absolute Gasteiger partial charge is 0.493 e. The summed E-state index contributed by atoms with van der Waals surface area (Å²) < 4.78 is 53.2. The second-order valence-corrected chi connectivity index (χ2v) is 8.34. The predicted molar refractivity (Wildman–Crippen MR) is 122 cm³/mol. The molecule has 1 aliphatic rings. The summed E-state index contributed by atoms with van der Waals surface area (Å²) in [5.41, 5.74) is 0.587. The molecule has 4 rings (SSSR count). The SMILES string of the molecule is COc1ccc([C@H]2C[C@H](C(F)(F)F)n3nc(C(=O)Nc4ccc(Cl)cc4)c(Cl)c3N2)cc1OC. The first-order valence-corrected chi connectivity index (χ1v) is 10.8. The van der Waals surface area contributed by atoms with Crippen LogP contribution in [0.4, 0.5) is 24.7 Å². The monoisotopic (exact) mass is 514 g/mol. The van der Waals surface area contributed by atoms with Crippen LogP contribution in [0.5, 0.6) is 11.5 Å². The molecule has 2 aromatic carbocycles. The van der Waals surface area contributed by atoms with Gasteiger partial charge in [-0.3, -0.25) is 4.79 Å². The highest BCUT2D eigenvalue weighted by Gasteiger charge is 2.48. The molecule has 0 saturated carbocycles. The Morgan fingerprint density at radius 2 is 1.79 bits per heavy atom. The first kappa shape index (κ1) is 24.0. The Bertz CT molecular complexity index is 1220. The van der Waals surface area contributed by atoms with Crippen LogP contribution in [0.2, 0.25) is 10.0 Å². The zero-order valence-corrected chi connectivity index (χ0v) is 19.4. The Kier molecular flexibility index (Phi) is 6.55. The number of nitrogens with zero attached hydrogens (tertiary/aromatic N) is 2. The number of hydrogen-bond acceptors (Lipinski definition) is 5. The number of carbonyl (C=O) groups excluding carboxylic acids is 1. The number of hydrogen-bond donors (Lipinski definition) is 2. The number of alkyl halides is 3. The van der Waals surface area contributed by atoms with Crippen molar-refractivity contribution >= 4 is 40.6 Å². The second-order valence-electron chi connectivity index (χ2n) is 7.52. The molecule has 2 atom stereocenters. The van der Waals surface area contributed by atoms with E-state index in [1.165, 1.54) is 14.2 Å². The van der Waals surface area contributed by atoms with Gasteiger partial charge in [0.05, 0.1) is 20.3 Å². The number of fused-ring (bicyclic) bond motifs is 1. The van der Waals surface area contributed by atoms with Crippen LogP contribution in [0.25, 0.3) is 0 Å². The quantitative estimate of drug-likeness (QED) is 0.428. The van der Waals surface area contributed by atoms with Crippen LogP contribution < -0.4 is 20.1 Å². The van der Waals surface area contributed by atoms with Crippen molar-refractivity contribution in [2.24, 2.45) is 0 Å². The summed E-state index contributed by atoms with van der Waals surface area (Å²) in [6, 6.07) is 8.28. The maximum Gasteiger partial charge on any atom is 0.410 e. The fraction of sp³-hybridized carbons (Fsp3) is 0.273. The Labute approximate surface area is 202 Å². The molecule has 7 nitrogen and oxygen atoms in total. The van der Waals surface area contributed by atoms with Crippen molar-refractivity contribution in [2.45, 2.75) is 24.7 Å². The van der Waals surface area contributed by atoms with Gasteiger partial charge >= 0.3 is 6.18 Å². The normalized spacial score (nSPS) is 17.5. The van der Waals surface area contributed by atoms with E-state index in [2.05, 4.69) is 15.7 Å². The maximum atomic E-state index is 14.0. The average molecular weight is 515 g/mol. The number of amides is 1. The highest BCUT2D eigenvalue weighted by atomic mass is 35.5. The second kappa shape index (κ2) is 9.27. The van der Waals surface area contributed by atoms with E-state index in [9.17, 15) is 18.0 Å². The lowest BCUT2D eigenvalue weighted by atomic mass is 9.96. The van der Waals surface area contributed by atoms with Crippen LogP contribution in [-0.4, -0.2) is 36.1 Å². The van der Waals surface area contributed by atoms with Gasteiger partial charge < -0.3 is 20.1 Å². The minimum absolute atomic E-state index is 0.101. The Hall–Kier alpha value is -3.11. The molecule has 2 N–H and O–H groups in total. The standard InChI is InChI=1S/C22H19Cl2F3N4O3/c1-33-15-8-3-11(9-16(15)34-2)14-10-17(22(25,26)27)31-20(29-14)18(24)19(30-31)21(32)28-13-6-4-12(23)5-7-13/h3-9,14,17,29H,10H2,1-2H3,(H,28,32)/t14-,17-/m1/s1. The van der Waals surface area contributed by atoms with Gasteiger partial charge in [-0.25, -0.2) is 4.68 Å². The highest BCUT2D eigenvalue weighted by molar-refractivity contribution is 6.36. The molecule has 0 radical (unpaired) electrons. The Balaban J connectivity index is 1.70. The summed E-state index contributed by atoms with van der Waals surface area (Å²) in [7, 11) is 2.90. The number of aromatic nitrogens is 2. The molecular formula is C22H19Cl2F3N4O3. The van der Waals surface area contributed by atoms with E-state index >= 15 is 0 Å². The Morgan fingerprint density at radius 3 is 2.41 bits per heavy atom. The van der Waals surface area contributed by atoms with Gasteiger partial charge in [-0.05, 0) is 42.0 Å². The van der Waals surface area contributed by atoms with Crippen LogP contribution in [0.15, 0.2) is 42.5 Å². The number of anilines is 2. The first-order valence-electron chi connectivity index (χ1n) is 10.0. The van der Waals surface area contributed by atoms with Crippen molar-refractivity contribution in [2.75, 3.05) is 24.9 Å². The van der Waals surface area contributed by atoms with Crippen LogP contribution in [0.1, 0.15) is 34.6 Å². The zero-order valence-electron chi connectivity index (χ0n) is 17.9. The fourth-order valence-electron chi connectivity index (χ4n) is 3.75. The third-order valence-electron chi connectivity index (χ3n) is 5.42. The summed E-state index contributed by atoms with van der Waals surface area (Å²) >= 11 is 12.2. The number of ether oxygens (including phenoxy) is 2. The number of benzene rings is 2. The molecule has 0 fully saturated rings. The van der Waals surface area contributed by atoms with Crippen molar-refractivity contribution in [1.29, 1.82) is 0 Å². The van der Waals surface area contributed by atoms with Gasteiger partial charge in [0.15, 0.2) is 23.2 Å². The summed E-state index contributed by atoms with van der Waals surface area (Å²) in [5, 5.41) is 9.72. The van der Waals surface area contributed by atoms with Gasteiger partial charge in [-0.15, -0.1) is 0 Å². The molecule has 1 amide bonds. The summed E-state index contributed by atoms with van der Waals surface area (Å²) in [6.07, 6.45) is -5.01.